The average Bonchev–Trinajstić information content (AvgIpc) is 2.57. The van der Waals surface area contributed by atoms with Crippen LogP contribution in [0.1, 0.15) is 51.4 Å². The zero-order valence-corrected chi connectivity index (χ0v) is 14.3. The number of para-hydroxylation sites is 1. The second-order valence-electron chi connectivity index (χ2n) is 6.07. The van der Waals surface area contributed by atoms with Crippen molar-refractivity contribution in [3.8, 4) is 5.75 Å². The first kappa shape index (κ1) is 18.7. The molecule has 0 bridgehead atoms. The van der Waals surface area contributed by atoms with Crippen LogP contribution in [0.4, 0.5) is 4.39 Å². The number of rotatable bonds is 7. The summed E-state index contributed by atoms with van der Waals surface area (Å²) in [5.41, 5.74) is 0. The van der Waals surface area contributed by atoms with Crippen LogP contribution < -0.4 is 4.74 Å². The summed E-state index contributed by atoms with van der Waals surface area (Å²) in [5, 5.41) is 0.0373. The fourth-order valence-corrected chi connectivity index (χ4v) is 2.96. The molecule has 0 atom stereocenters. The van der Waals surface area contributed by atoms with Crippen LogP contribution in [0, 0.1) is 11.7 Å². The van der Waals surface area contributed by atoms with Gasteiger partial charge in [-0.3, -0.25) is 9.59 Å². The first-order valence-corrected chi connectivity index (χ1v) is 8.74. The second kappa shape index (κ2) is 9.62. The molecule has 1 aliphatic rings. The first-order chi connectivity index (χ1) is 11.6. The van der Waals surface area contributed by atoms with E-state index in [0.717, 1.165) is 18.9 Å². The number of esters is 2. The number of carbonyl (C=O) groups excluding carboxylic acids is 2. The van der Waals surface area contributed by atoms with Gasteiger partial charge in [0.2, 0.25) is 0 Å². The van der Waals surface area contributed by atoms with Crippen LogP contribution in [0.5, 0.6) is 5.75 Å². The maximum atomic E-state index is 13.5. The summed E-state index contributed by atoms with van der Waals surface area (Å²) in [4.78, 5) is 23.4. The minimum atomic E-state index is -0.692. The Hall–Kier alpha value is -1.62. The molecule has 4 nitrogen and oxygen atoms in total. The van der Waals surface area contributed by atoms with Crippen molar-refractivity contribution in [3.63, 3.8) is 0 Å². The van der Waals surface area contributed by atoms with E-state index in [1.165, 1.54) is 31.4 Å². The van der Waals surface area contributed by atoms with E-state index in [4.69, 9.17) is 21.1 Å². The maximum absolute atomic E-state index is 13.5. The van der Waals surface area contributed by atoms with Gasteiger partial charge in [0.05, 0.1) is 11.6 Å². The van der Waals surface area contributed by atoms with Gasteiger partial charge in [-0.2, -0.15) is 0 Å². The van der Waals surface area contributed by atoms with E-state index < -0.39 is 11.8 Å². The molecule has 132 valence electrons. The fourth-order valence-electron chi connectivity index (χ4n) is 2.76. The molecule has 1 fully saturated rings. The molecule has 0 spiro atoms. The van der Waals surface area contributed by atoms with E-state index in [2.05, 4.69) is 0 Å². The molecule has 0 radical (unpaired) electrons. The highest BCUT2D eigenvalue weighted by Gasteiger charge is 2.16. The van der Waals surface area contributed by atoms with Crippen molar-refractivity contribution in [3.05, 3.63) is 29.0 Å². The van der Waals surface area contributed by atoms with Crippen LogP contribution in [0.3, 0.4) is 0 Å². The van der Waals surface area contributed by atoms with Crippen LogP contribution in [-0.4, -0.2) is 18.5 Å². The van der Waals surface area contributed by atoms with E-state index >= 15 is 0 Å². The monoisotopic (exact) mass is 356 g/mol. The lowest BCUT2D eigenvalue weighted by Crippen LogP contribution is -2.17. The van der Waals surface area contributed by atoms with Gasteiger partial charge in [0.25, 0.3) is 0 Å². The lowest BCUT2D eigenvalue weighted by atomic mass is 9.90. The molecular weight excluding hydrogens is 335 g/mol. The minimum absolute atomic E-state index is 0.00317. The number of ether oxygens (including phenoxy) is 2. The van der Waals surface area contributed by atoms with Gasteiger partial charge in [-0.05, 0) is 37.3 Å². The third-order valence-electron chi connectivity index (χ3n) is 4.10. The largest absolute Gasteiger partial charge is 0.465 e. The standard InChI is InChI=1S/C18H22ClFO4/c19-14-8-4-9-15(20)18(14)24-17(22)11-5-10-16(21)23-12-13-6-2-1-3-7-13/h4,8-9,13H,1-3,5-7,10-12H2. The van der Waals surface area contributed by atoms with E-state index in [0.29, 0.717) is 18.9 Å². The fraction of sp³-hybridized carbons (Fsp3) is 0.556. The number of benzene rings is 1. The molecule has 0 unspecified atom stereocenters. The Morgan fingerprint density at radius 2 is 1.83 bits per heavy atom. The van der Waals surface area contributed by atoms with Gasteiger partial charge in [0.1, 0.15) is 0 Å². The second-order valence-corrected chi connectivity index (χ2v) is 6.47. The molecule has 0 heterocycles. The Balaban J connectivity index is 1.64. The quantitative estimate of drug-likeness (QED) is 0.526. The molecule has 1 aliphatic carbocycles. The van der Waals surface area contributed by atoms with Crippen molar-refractivity contribution in [2.75, 3.05) is 6.61 Å². The highest BCUT2D eigenvalue weighted by molar-refractivity contribution is 6.32. The summed E-state index contributed by atoms with van der Waals surface area (Å²) in [6.45, 7) is 0.466. The van der Waals surface area contributed by atoms with Crippen LogP contribution in [-0.2, 0) is 14.3 Å². The summed E-state index contributed by atoms with van der Waals surface area (Å²) < 4.78 is 23.7. The Morgan fingerprint density at radius 3 is 2.54 bits per heavy atom. The van der Waals surface area contributed by atoms with Gasteiger partial charge in [-0.1, -0.05) is 36.9 Å². The predicted octanol–water partition coefficient (Wildman–Crippen LogP) is 4.68. The highest BCUT2D eigenvalue weighted by atomic mass is 35.5. The summed E-state index contributed by atoms with van der Waals surface area (Å²) in [5.74, 6) is -1.43. The van der Waals surface area contributed by atoms with E-state index in [1.807, 2.05) is 0 Å². The van der Waals surface area contributed by atoms with E-state index in [9.17, 15) is 14.0 Å². The normalized spacial score (nSPS) is 15.1. The van der Waals surface area contributed by atoms with Crippen molar-refractivity contribution < 1.29 is 23.5 Å². The number of hydrogen-bond acceptors (Lipinski definition) is 4. The Labute approximate surface area is 146 Å². The topological polar surface area (TPSA) is 52.6 Å². The van der Waals surface area contributed by atoms with Crippen molar-refractivity contribution in [1.29, 1.82) is 0 Å². The third-order valence-corrected chi connectivity index (χ3v) is 4.40. The zero-order valence-electron chi connectivity index (χ0n) is 13.6. The Bertz CT molecular complexity index is 550. The minimum Gasteiger partial charge on any atom is -0.465 e. The first-order valence-electron chi connectivity index (χ1n) is 8.36. The van der Waals surface area contributed by atoms with Crippen molar-refractivity contribution in [1.82, 2.24) is 0 Å². The molecule has 0 amide bonds. The van der Waals surface area contributed by atoms with Gasteiger partial charge >= 0.3 is 11.9 Å². The van der Waals surface area contributed by atoms with E-state index in [1.54, 1.807) is 0 Å². The predicted molar refractivity (Wildman–Crippen MR) is 88.4 cm³/mol. The molecular formula is C18H22ClFO4. The molecule has 0 saturated heterocycles. The molecule has 2 rings (SSSR count). The zero-order chi connectivity index (χ0) is 17.4. The van der Waals surface area contributed by atoms with Crippen LogP contribution in [0.25, 0.3) is 0 Å². The maximum Gasteiger partial charge on any atom is 0.311 e. The molecule has 1 saturated carbocycles. The van der Waals surface area contributed by atoms with Crippen molar-refractivity contribution >= 4 is 23.5 Å². The molecule has 0 aromatic heterocycles. The third kappa shape index (κ3) is 6.11. The number of hydrogen-bond donors (Lipinski definition) is 0. The van der Waals surface area contributed by atoms with Crippen LogP contribution in [0.15, 0.2) is 18.2 Å². The molecule has 0 aliphatic heterocycles. The lowest BCUT2D eigenvalue weighted by molar-refractivity contribution is -0.145. The Kier molecular flexibility index (Phi) is 7.50. The summed E-state index contributed by atoms with van der Waals surface area (Å²) in [6, 6.07) is 4.03. The van der Waals surface area contributed by atoms with Crippen LogP contribution in [0.2, 0.25) is 5.02 Å². The molecule has 24 heavy (non-hydrogen) atoms. The van der Waals surface area contributed by atoms with Crippen molar-refractivity contribution in [2.45, 2.75) is 51.4 Å². The van der Waals surface area contributed by atoms with Gasteiger partial charge in [-0.25, -0.2) is 4.39 Å². The SMILES string of the molecule is O=C(CCCC(=O)Oc1c(F)cccc1Cl)OCC1CCCCC1. The van der Waals surface area contributed by atoms with Crippen LogP contribution >= 0.6 is 11.6 Å². The molecule has 1 aromatic carbocycles. The summed E-state index contributed by atoms with van der Waals surface area (Å²) in [6.07, 6.45) is 6.34. The summed E-state index contributed by atoms with van der Waals surface area (Å²) >= 11 is 5.78. The highest BCUT2D eigenvalue weighted by Crippen LogP contribution is 2.27. The molecule has 6 heteroatoms. The molecule has 1 aromatic rings. The van der Waals surface area contributed by atoms with Gasteiger partial charge in [0, 0.05) is 12.8 Å². The smallest absolute Gasteiger partial charge is 0.311 e. The van der Waals surface area contributed by atoms with Crippen molar-refractivity contribution in [2.24, 2.45) is 5.92 Å². The summed E-state index contributed by atoms with van der Waals surface area (Å²) in [7, 11) is 0. The van der Waals surface area contributed by atoms with E-state index in [-0.39, 0.29) is 29.6 Å². The van der Waals surface area contributed by atoms with Gasteiger partial charge in [-0.15, -0.1) is 0 Å². The lowest BCUT2D eigenvalue weighted by Gasteiger charge is -2.20. The number of halogens is 2. The van der Waals surface area contributed by atoms with Gasteiger partial charge < -0.3 is 9.47 Å². The molecule has 0 N–H and O–H groups in total. The average molecular weight is 357 g/mol. The number of carbonyl (C=O) groups is 2. The van der Waals surface area contributed by atoms with Gasteiger partial charge in [0.15, 0.2) is 11.6 Å². The Morgan fingerprint density at radius 1 is 1.12 bits per heavy atom.